The summed E-state index contributed by atoms with van der Waals surface area (Å²) in [6.45, 7) is 3.24. The molecule has 1 heterocycles. The van der Waals surface area contributed by atoms with E-state index in [4.69, 9.17) is 4.74 Å². The lowest BCUT2D eigenvalue weighted by molar-refractivity contribution is 0.0597. The lowest BCUT2D eigenvalue weighted by atomic mass is 10.1. The minimum Gasteiger partial charge on any atom is -0.465 e. The number of aromatic nitrogens is 1. The molecule has 6 heteroatoms. The fourth-order valence-corrected chi connectivity index (χ4v) is 2.42. The fraction of sp³-hybridized carbons (Fsp3) is 0.235. The number of carbonyl (C=O) groups excluding carboxylic acids is 3. The molecule has 0 atom stereocenters. The molecule has 0 bridgehead atoms. The number of benzene rings is 1. The van der Waals surface area contributed by atoms with Gasteiger partial charge >= 0.3 is 12.1 Å². The molecule has 0 aliphatic heterocycles. The molecule has 2 aromatic rings. The van der Waals surface area contributed by atoms with E-state index in [2.05, 4.69) is 4.74 Å². The van der Waals surface area contributed by atoms with E-state index in [-0.39, 0.29) is 17.7 Å². The van der Waals surface area contributed by atoms with Crippen LogP contribution >= 0.6 is 0 Å². The molecule has 0 saturated heterocycles. The minimum absolute atomic E-state index is 0.0802. The van der Waals surface area contributed by atoms with Gasteiger partial charge in [-0.25, -0.2) is 9.59 Å². The van der Waals surface area contributed by atoms with E-state index in [1.807, 2.05) is 30.3 Å². The standard InChI is InChI=1S/C17H17NO5/c1-11-14(9-19)15(16(20)22-3)12(2)18(11)17(21)23-10-13-7-5-4-6-8-13/h4-9H,10H2,1-3H3. The van der Waals surface area contributed by atoms with Gasteiger partial charge in [-0.3, -0.25) is 9.36 Å². The number of carbonyl (C=O) groups is 3. The van der Waals surface area contributed by atoms with E-state index in [0.717, 1.165) is 5.56 Å². The normalized spacial score (nSPS) is 10.2. The zero-order valence-electron chi connectivity index (χ0n) is 13.2. The van der Waals surface area contributed by atoms with E-state index in [0.29, 0.717) is 17.7 Å². The molecule has 1 aromatic carbocycles. The summed E-state index contributed by atoms with van der Waals surface area (Å²) in [5.74, 6) is -0.665. The number of rotatable bonds is 4. The molecule has 0 radical (unpaired) electrons. The summed E-state index contributed by atoms with van der Waals surface area (Å²) in [5, 5.41) is 0. The van der Waals surface area contributed by atoms with Gasteiger partial charge in [0.1, 0.15) is 6.61 Å². The Labute approximate surface area is 133 Å². The first-order valence-corrected chi connectivity index (χ1v) is 6.97. The Morgan fingerprint density at radius 1 is 1.13 bits per heavy atom. The van der Waals surface area contributed by atoms with E-state index in [1.54, 1.807) is 13.8 Å². The highest BCUT2D eigenvalue weighted by Crippen LogP contribution is 2.22. The molecule has 2 rings (SSSR count). The second-order valence-corrected chi connectivity index (χ2v) is 4.94. The van der Waals surface area contributed by atoms with Crippen molar-refractivity contribution in [1.29, 1.82) is 0 Å². The van der Waals surface area contributed by atoms with Crippen LogP contribution in [-0.2, 0) is 16.1 Å². The molecule has 0 N–H and O–H groups in total. The summed E-state index contributed by atoms with van der Waals surface area (Å²) < 4.78 is 11.1. The van der Waals surface area contributed by atoms with Crippen LogP contribution in [0.4, 0.5) is 4.79 Å². The smallest absolute Gasteiger partial charge is 0.418 e. The molecule has 0 fully saturated rings. The average molecular weight is 315 g/mol. The Morgan fingerprint density at radius 3 is 2.35 bits per heavy atom. The number of esters is 1. The summed E-state index contributed by atoms with van der Waals surface area (Å²) >= 11 is 0. The Balaban J connectivity index is 2.32. The molecule has 6 nitrogen and oxygen atoms in total. The van der Waals surface area contributed by atoms with Gasteiger partial charge in [0, 0.05) is 11.4 Å². The summed E-state index contributed by atoms with van der Waals surface area (Å²) in [4.78, 5) is 35.4. The number of nitrogens with zero attached hydrogens (tertiary/aromatic N) is 1. The van der Waals surface area contributed by atoms with Gasteiger partial charge in [0.15, 0.2) is 6.29 Å². The van der Waals surface area contributed by atoms with E-state index in [1.165, 1.54) is 11.7 Å². The van der Waals surface area contributed by atoms with Crippen LogP contribution in [0.15, 0.2) is 30.3 Å². The van der Waals surface area contributed by atoms with Crippen LogP contribution in [0.3, 0.4) is 0 Å². The zero-order chi connectivity index (χ0) is 17.0. The van der Waals surface area contributed by atoms with Crippen LogP contribution in [0.1, 0.15) is 37.7 Å². The van der Waals surface area contributed by atoms with Crippen LogP contribution in [0.5, 0.6) is 0 Å². The number of hydrogen-bond acceptors (Lipinski definition) is 5. The highest BCUT2D eigenvalue weighted by Gasteiger charge is 2.26. The van der Waals surface area contributed by atoms with Crippen molar-refractivity contribution in [3.8, 4) is 0 Å². The molecule has 23 heavy (non-hydrogen) atoms. The quantitative estimate of drug-likeness (QED) is 0.640. The number of aldehydes is 1. The van der Waals surface area contributed by atoms with E-state index < -0.39 is 12.1 Å². The number of ether oxygens (including phenoxy) is 2. The van der Waals surface area contributed by atoms with Gasteiger partial charge in [-0.05, 0) is 19.4 Å². The number of methoxy groups -OCH3 is 1. The topological polar surface area (TPSA) is 74.6 Å². The molecule has 1 aromatic heterocycles. The predicted molar refractivity (Wildman–Crippen MR) is 82.7 cm³/mol. The first-order valence-electron chi connectivity index (χ1n) is 6.97. The van der Waals surface area contributed by atoms with Gasteiger partial charge in [-0.15, -0.1) is 0 Å². The van der Waals surface area contributed by atoms with E-state index in [9.17, 15) is 14.4 Å². The summed E-state index contributed by atoms with van der Waals surface area (Å²) in [5.41, 5.74) is 1.71. The molecular formula is C17H17NO5. The van der Waals surface area contributed by atoms with Crippen molar-refractivity contribution >= 4 is 18.3 Å². The lowest BCUT2D eigenvalue weighted by Crippen LogP contribution is -2.17. The fourth-order valence-electron chi connectivity index (χ4n) is 2.42. The molecule has 0 amide bonds. The SMILES string of the molecule is COC(=O)c1c(C=O)c(C)n(C(=O)OCc2ccccc2)c1C. The largest absolute Gasteiger partial charge is 0.465 e. The van der Waals surface area contributed by atoms with Crippen molar-refractivity contribution < 1.29 is 23.9 Å². The minimum atomic E-state index is -0.665. The highest BCUT2D eigenvalue weighted by molar-refractivity contribution is 6.01. The summed E-state index contributed by atoms with van der Waals surface area (Å²) in [6.07, 6.45) is -0.114. The van der Waals surface area contributed by atoms with Crippen LogP contribution in [0, 0.1) is 13.8 Å². The molecular weight excluding hydrogens is 298 g/mol. The molecule has 0 unspecified atom stereocenters. The molecule has 0 aliphatic carbocycles. The third-order valence-corrected chi connectivity index (χ3v) is 3.59. The maximum atomic E-state index is 12.3. The van der Waals surface area contributed by atoms with Crippen molar-refractivity contribution in [2.75, 3.05) is 7.11 Å². The summed E-state index contributed by atoms with van der Waals surface area (Å²) in [7, 11) is 1.22. The number of hydrogen-bond donors (Lipinski definition) is 0. The van der Waals surface area contributed by atoms with Crippen LogP contribution in [0.2, 0.25) is 0 Å². The van der Waals surface area contributed by atoms with Crippen molar-refractivity contribution in [3.63, 3.8) is 0 Å². The van der Waals surface area contributed by atoms with Crippen molar-refractivity contribution in [1.82, 2.24) is 4.57 Å². The Kier molecular flexibility index (Phi) is 4.95. The first kappa shape index (κ1) is 16.5. The van der Waals surface area contributed by atoms with Gasteiger partial charge in [0.05, 0.1) is 18.2 Å². The first-order chi connectivity index (χ1) is 11.0. The molecule has 120 valence electrons. The maximum Gasteiger partial charge on any atom is 0.418 e. The second-order valence-electron chi connectivity index (χ2n) is 4.94. The van der Waals surface area contributed by atoms with Crippen molar-refractivity contribution in [2.24, 2.45) is 0 Å². The van der Waals surface area contributed by atoms with E-state index >= 15 is 0 Å². The van der Waals surface area contributed by atoms with Crippen LogP contribution in [-0.4, -0.2) is 30.0 Å². The average Bonchev–Trinajstić information content (AvgIpc) is 2.83. The third-order valence-electron chi connectivity index (χ3n) is 3.59. The monoisotopic (exact) mass is 315 g/mol. The second kappa shape index (κ2) is 6.91. The zero-order valence-corrected chi connectivity index (χ0v) is 13.2. The lowest BCUT2D eigenvalue weighted by Gasteiger charge is -2.09. The maximum absolute atomic E-state index is 12.3. The van der Waals surface area contributed by atoms with Crippen LogP contribution < -0.4 is 0 Å². The predicted octanol–water partition coefficient (Wildman–Crippen LogP) is 2.89. The van der Waals surface area contributed by atoms with Gasteiger partial charge in [0.25, 0.3) is 0 Å². The van der Waals surface area contributed by atoms with Gasteiger partial charge in [0.2, 0.25) is 0 Å². The Hall–Kier alpha value is -2.89. The Morgan fingerprint density at radius 2 is 1.78 bits per heavy atom. The van der Waals surface area contributed by atoms with Crippen molar-refractivity contribution in [3.05, 3.63) is 58.4 Å². The van der Waals surface area contributed by atoms with Crippen LogP contribution in [0.25, 0.3) is 0 Å². The Bertz CT molecular complexity index is 746. The summed E-state index contributed by atoms with van der Waals surface area (Å²) in [6, 6.07) is 9.22. The third kappa shape index (κ3) is 3.15. The molecule has 0 aliphatic rings. The van der Waals surface area contributed by atoms with Crippen molar-refractivity contribution in [2.45, 2.75) is 20.5 Å². The molecule has 0 spiro atoms. The van der Waals surface area contributed by atoms with Gasteiger partial charge in [-0.2, -0.15) is 0 Å². The highest BCUT2D eigenvalue weighted by atomic mass is 16.5. The van der Waals surface area contributed by atoms with Gasteiger partial charge < -0.3 is 9.47 Å². The van der Waals surface area contributed by atoms with Gasteiger partial charge in [-0.1, -0.05) is 30.3 Å². The molecule has 0 saturated carbocycles.